The maximum atomic E-state index is 10.5. The van der Waals surface area contributed by atoms with Gasteiger partial charge in [0, 0.05) is 12.5 Å². The first-order valence-corrected chi connectivity index (χ1v) is 6.19. The number of hydrogen-bond acceptors (Lipinski definition) is 8. The highest BCUT2D eigenvalue weighted by atomic mass is 16.5. The molecule has 8 heteroatoms. The van der Waals surface area contributed by atoms with Crippen LogP contribution in [0.2, 0.25) is 0 Å². The first-order chi connectivity index (χ1) is 8.92. The molecule has 1 fully saturated rings. The Labute approximate surface area is 110 Å². The fourth-order valence-electron chi connectivity index (χ4n) is 3.39. The molecule has 3 unspecified atom stereocenters. The Morgan fingerprint density at radius 3 is 2.95 bits per heavy atom. The zero-order chi connectivity index (χ0) is 13.8. The topological polar surface area (TPSA) is 132 Å². The molecule has 0 aliphatic carbocycles. The lowest BCUT2D eigenvalue weighted by Gasteiger charge is -2.47. The smallest absolute Gasteiger partial charge is 0.210 e. The Balaban J connectivity index is 2.10. The van der Waals surface area contributed by atoms with Crippen molar-refractivity contribution in [2.24, 2.45) is 21.5 Å². The predicted octanol–water partition coefficient (Wildman–Crippen LogP) is -2.37. The molecule has 3 aliphatic rings. The summed E-state index contributed by atoms with van der Waals surface area (Å²) in [6.45, 7) is 3.97. The van der Waals surface area contributed by atoms with Gasteiger partial charge in [-0.2, -0.15) is 0 Å². The number of rotatable bonds is 2. The van der Waals surface area contributed by atoms with Gasteiger partial charge in [-0.1, -0.05) is 6.08 Å². The SMILES string of the molecule is C=CCC1CC(O)(O)C23NC(N)=NC2CN=C(N)N13. The van der Waals surface area contributed by atoms with Crippen LogP contribution < -0.4 is 16.8 Å². The van der Waals surface area contributed by atoms with E-state index >= 15 is 0 Å². The molecule has 0 bridgehead atoms. The van der Waals surface area contributed by atoms with Crippen LogP contribution in [0.15, 0.2) is 22.6 Å². The molecule has 0 radical (unpaired) electrons. The first kappa shape index (κ1) is 12.2. The van der Waals surface area contributed by atoms with Crippen LogP contribution in [0.4, 0.5) is 0 Å². The fourth-order valence-corrected chi connectivity index (χ4v) is 3.39. The van der Waals surface area contributed by atoms with Gasteiger partial charge in [0.05, 0.1) is 6.54 Å². The second-order valence-electron chi connectivity index (χ2n) is 5.19. The maximum absolute atomic E-state index is 10.5. The molecule has 3 aliphatic heterocycles. The van der Waals surface area contributed by atoms with Gasteiger partial charge in [0.15, 0.2) is 17.6 Å². The standard InChI is InChI=1S/C11H18N6O2/c1-2-3-6-4-10(18,19)11-7(15-8(12)16-11)5-14-9(13)17(6)11/h2,6-7,18-19H,1,3-5H2,(H2,13,14)(H3,12,15,16). The number of aliphatic imine (C=N–C) groups is 2. The van der Waals surface area contributed by atoms with E-state index in [1.54, 1.807) is 11.0 Å². The summed E-state index contributed by atoms with van der Waals surface area (Å²) < 4.78 is 0. The molecule has 0 saturated carbocycles. The van der Waals surface area contributed by atoms with E-state index in [1.807, 2.05) is 0 Å². The third-order valence-corrected chi connectivity index (χ3v) is 4.08. The number of guanidine groups is 2. The summed E-state index contributed by atoms with van der Waals surface area (Å²) in [5.41, 5.74) is 10.4. The van der Waals surface area contributed by atoms with E-state index in [0.29, 0.717) is 6.42 Å². The van der Waals surface area contributed by atoms with E-state index in [1.165, 1.54) is 0 Å². The number of aliphatic hydroxyl groups is 2. The van der Waals surface area contributed by atoms with Gasteiger partial charge in [-0.15, -0.1) is 6.58 Å². The van der Waals surface area contributed by atoms with E-state index in [0.717, 1.165) is 0 Å². The highest BCUT2D eigenvalue weighted by Gasteiger charge is 2.70. The van der Waals surface area contributed by atoms with Gasteiger partial charge in [-0.05, 0) is 6.42 Å². The summed E-state index contributed by atoms with van der Waals surface area (Å²) in [6.07, 6.45) is 2.41. The van der Waals surface area contributed by atoms with Crippen LogP contribution in [0.1, 0.15) is 12.8 Å². The van der Waals surface area contributed by atoms with Crippen molar-refractivity contribution in [1.29, 1.82) is 0 Å². The van der Waals surface area contributed by atoms with Gasteiger partial charge in [-0.25, -0.2) is 4.99 Å². The van der Waals surface area contributed by atoms with E-state index < -0.39 is 17.5 Å². The number of hydrogen-bond donors (Lipinski definition) is 5. The van der Waals surface area contributed by atoms with Crippen LogP contribution in [0.5, 0.6) is 0 Å². The Kier molecular flexibility index (Phi) is 2.33. The third-order valence-electron chi connectivity index (χ3n) is 4.08. The predicted molar refractivity (Wildman–Crippen MR) is 70.0 cm³/mol. The van der Waals surface area contributed by atoms with Crippen molar-refractivity contribution in [2.75, 3.05) is 6.54 Å². The summed E-state index contributed by atoms with van der Waals surface area (Å²) in [5.74, 6) is -1.55. The molecule has 0 aromatic rings. The van der Waals surface area contributed by atoms with Gasteiger partial charge >= 0.3 is 0 Å². The third kappa shape index (κ3) is 1.35. The van der Waals surface area contributed by atoms with Gasteiger partial charge in [-0.3, -0.25) is 4.99 Å². The van der Waals surface area contributed by atoms with Crippen molar-refractivity contribution in [1.82, 2.24) is 10.2 Å². The molecule has 0 amide bonds. The first-order valence-electron chi connectivity index (χ1n) is 6.19. The Morgan fingerprint density at radius 1 is 1.53 bits per heavy atom. The van der Waals surface area contributed by atoms with Crippen molar-refractivity contribution >= 4 is 11.9 Å². The van der Waals surface area contributed by atoms with Crippen molar-refractivity contribution in [3.8, 4) is 0 Å². The fraction of sp³-hybridized carbons (Fsp3) is 0.636. The molecule has 0 aromatic carbocycles. The molecule has 3 heterocycles. The number of nitrogens with zero attached hydrogens (tertiary/aromatic N) is 3. The average Bonchev–Trinajstić information content (AvgIpc) is 2.75. The largest absolute Gasteiger partial charge is 0.370 e. The van der Waals surface area contributed by atoms with Crippen LogP contribution in [0, 0.1) is 0 Å². The quantitative estimate of drug-likeness (QED) is 0.280. The van der Waals surface area contributed by atoms with E-state index in [2.05, 4.69) is 21.9 Å². The molecule has 19 heavy (non-hydrogen) atoms. The lowest BCUT2D eigenvalue weighted by Crippen LogP contribution is -2.75. The summed E-state index contributed by atoms with van der Waals surface area (Å²) in [6, 6.07) is -0.669. The average molecular weight is 266 g/mol. The van der Waals surface area contributed by atoms with Gasteiger partial charge in [0.25, 0.3) is 0 Å². The molecule has 3 rings (SSSR count). The Hall–Kier alpha value is -1.80. The van der Waals surface area contributed by atoms with Crippen molar-refractivity contribution < 1.29 is 10.2 Å². The monoisotopic (exact) mass is 266 g/mol. The lowest BCUT2D eigenvalue weighted by atomic mass is 9.91. The van der Waals surface area contributed by atoms with Crippen LogP contribution in [-0.2, 0) is 0 Å². The molecule has 8 nitrogen and oxygen atoms in total. The molecule has 7 N–H and O–H groups in total. The minimum Gasteiger partial charge on any atom is -0.370 e. The highest BCUT2D eigenvalue weighted by Crippen LogP contribution is 2.46. The highest BCUT2D eigenvalue weighted by molar-refractivity contribution is 5.87. The lowest BCUT2D eigenvalue weighted by molar-refractivity contribution is -0.218. The van der Waals surface area contributed by atoms with E-state index in [4.69, 9.17) is 11.5 Å². The second-order valence-corrected chi connectivity index (χ2v) is 5.19. The molecular formula is C11H18N6O2. The normalized spacial score (nSPS) is 38.9. The van der Waals surface area contributed by atoms with Gasteiger partial charge in [0.2, 0.25) is 5.79 Å². The molecule has 1 spiro atoms. The summed E-state index contributed by atoms with van der Waals surface area (Å²) >= 11 is 0. The maximum Gasteiger partial charge on any atom is 0.210 e. The molecule has 1 saturated heterocycles. The van der Waals surface area contributed by atoms with E-state index in [-0.39, 0.29) is 30.9 Å². The van der Waals surface area contributed by atoms with Gasteiger partial charge < -0.3 is 31.9 Å². The summed E-state index contributed by atoms with van der Waals surface area (Å²) in [5, 5.41) is 23.8. The second kappa shape index (κ2) is 3.61. The molecule has 104 valence electrons. The van der Waals surface area contributed by atoms with Crippen molar-refractivity contribution in [2.45, 2.75) is 36.4 Å². The Bertz CT molecular complexity index is 488. The zero-order valence-electron chi connectivity index (χ0n) is 10.5. The van der Waals surface area contributed by atoms with Crippen LogP contribution >= 0.6 is 0 Å². The summed E-state index contributed by atoms with van der Waals surface area (Å²) in [4.78, 5) is 10.1. The van der Waals surface area contributed by atoms with E-state index in [9.17, 15) is 10.2 Å². The van der Waals surface area contributed by atoms with Gasteiger partial charge in [0.1, 0.15) is 6.04 Å². The van der Waals surface area contributed by atoms with Crippen molar-refractivity contribution in [3.05, 3.63) is 12.7 Å². The van der Waals surface area contributed by atoms with Crippen LogP contribution in [-0.4, -0.2) is 57.1 Å². The molecule has 0 aromatic heterocycles. The number of nitrogens with one attached hydrogen (secondary N) is 1. The van der Waals surface area contributed by atoms with Crippen molar-refractivity contribution in [3.63, 3.8) is 0 Å². The minimum atomic E-state index is -1.99. The molecule has 3 atom stereocenters. The summed E-state index contributed by atoms with van der Waals surface area (Å²) in [7, 11) is 0. The zero-order valence-corrected chi connectivity index (χ0v) is 10.5. The minimum absolute atomic E-state index is 0.127. The van der Waals surface area contributed by atoms with Crippen LogP contribution in [0.25, 0.3) is 0 Å². The Morgan fingerprint density at radius 2 is 2.26 bits per heavy atom. The van der Waals surface area contributed by atoms with Crippen LogP contribution in [0.3, 0.4) is 0 Å². The number of nitrogens with two attached hydrogens (primary N) is 2. The molecular weight excluding hydrogens is 248 g/mol.